The minimum Gasteiger partial charge on any atom is -0.313 e. The molecular weight excluding hydrogens is 232 g/mol. The molecule has 0 fully saturated rings. The molecule has 2 aromatic rings. The number of nitrogens with one attached hydrogen (secondary N) is 1. The molecule has 3 rings (SSSR count). The highest BCUT2D eigenvalue weighted by atomic mass is 14.9. The van der Waals surface area contributed by atoms with Gasteiger partial charge >= 0.3 is 0 Å². The van der Waals surface area contributed by atoms with Crippen LogP contribution >= 0.6 is 0 Å². The molecule has 1 aromatic carbocycles. The van der Waals surface area contributed by atoms with Crippen molar-refractivity contribution in [1.82, 2.24) is 10.3 Å². The SMILES string of the molecule is CCNC(Cc1ccccn1)C1Cc2ccccc21. The minimum atomic E-state index is 0.495. The molecule has 1 aromatic heterocycles. The summed E-state index contributed by atoms with van der Waals surface area (Å²) >= 11 is 0. The van der Waals surface area contributed by atoms with Crippen molar-refractivity contribution < 1.29 is 0 Å². The molecule has 98 valence electrons. The van der Waals surface area contributed by atoms with Gasteiger partial charge in [0, 0.05) is 30.3 Å². The molecule has 2 atom stereocenters. The van der Waals surface area contributed by atoms with Crippen LogP contribution in [-0.4, -0.2) is 17.6 Å². The van der Waals surface area contributed by atoms with Gasteiger partial charge < -0.3 is 5.32 Å². The third-order valence-electron chi connectivity index (χ3n) is 4.00. The molecule has 2 heteroatoms. The Morgan fingerprint density at radius 2 is 2.05 bits per heavy atom. The van der Waals surface area contributed by atoms with E-state index in [2.05, 4.69) is 53.6 Å². The average molecular weight is 252 g/mol. The number of likely N-dealkylation sites (N-methyl/N-ethyl adjacent to an activating group) is 1. The van der Waals surface area contributed by atoms with E-state index in [-0.39, 0.29) is 0 Å². The second-order valence-electron chi connectivity index (χ2n) is 5.20. The lowest BCUT2D eigenvalue weighted by Crippen LogP contribution is -2.41. The van der Waals surface area contributed by atoms with Crippen LogP contribution < -0.4 is 5.32 Å². The molecule has 0 aliphatic heterocycles. The van der Waals surface area contributed by atoms with E-state index in [0.717, 1.165) is 13.0 Å². The number of aromatic nitrogens is 1. The van der Waals surface area contributed by atoms with Gasteiger partial charge in [-0.1, -0.05) is 37.3 Å². The van der Waals surface area contributed by atoms with E-state index in [1.165, 1.54) is 23.2 Å². The molecule has 1 aliphatic carbocycles. The van der Waals surface area contributed by atoms with Crippen LogP contribution in [0.15, 0.2) is 48.7 Å². The molecule has 0 saturated heterocycles. The lowest BCUT2D eigenvalue weighted by Gasteiger charge is -2.37. The summed E-state index contributed by atoms with van der Waals surface area (Å²) in [5.74, 6) is 0.637. The fourth-order valence-corrected chi connectivity index (χ4v) is 3.02. The molecule has 2 unspecified atom stereocenters. The third-order valence-corrected chi connectivity index (χ3v) is 4.00. The summed E-state index contributed by atoms with van der Waals surface area (Å²) in [6.45, 7) is 3.19. The van der Waals surface area contributed by atoms with Gasteiger partial charge in [-0.25, -0.2) is 0 Å². The monoisotopic (exact) mass is 252 g/mol. The second kappa shape index (κ2) is 5.54. The molecule has 0 bridgehead atoms. The molecule has 19 heavy (non-hydrogen) atoms. The van der Waals surface area contributed by atoms with Crippen LogP contribution in [0.4, 0.5) is 0 Å². The first kappa shape index (κ1) is 12.4. The van der Waals surface area contributed by atoms with E-state index in [0.29, 0.717) is 12.0 Å². The van der Waals surface area contributed by atoms with E-state index >= 15 is 0 Å². The molecule has 1 N–H and O–H groups in total. The van der Waals surface area contributed by atoms with Gasteiger partial charge in [0.1, 0.15) is 0 Å². The van der Waals surface area contributed by atoms with Crippen molar-refractivity contribution in [1.29, 1.82) is 0 Å². The summed E-state index contributed by atoms with van der Waals surface area (Å²) in [4.78, 5) is 4.46. The number of hydrogen-bond acceptors (Lipinski definition) is 2. The maximum Gasteiger partial charge on any atom is 0.0419 e. The highest BCUT2D eigenvalue weighted by Gasteiger charge is 2.32. The number of hydrogen-bond donors (Lipinski definition) is 1. The summed E-state index contributed by atoms with van der Waals surface area (Å²) in [6, 6.07) is 15.5. The zero-order chi connectivity index (χ0) is 13.1. The first-order chi connectivity index (χ1) is 9.38. The van der Waals surface area contributed by atoms with Gasteiger partial charge in [0.2, 0.25) is 0 Å². The fraction of sp³-hybridized carbons (Fsp3) is 0.353. The van der Waals surface area contributed by atoms with Crippen molar-refractivity contribution in [2.24, 2.45) is 0 Å². The lowest BCUT2D eigenvalue weighted by atomic mass is 9.72. The number of fused-ring (bicyclic) bond motifs is 1. The smallest absolute Gasteiger partial charge is 0.0419 e. The Morgan fingerprint density at radius 3 is 2.79 bits per heavy atom. The van der Waals surface area contributed by atoms with Gasteiger partial charge in [-0.15, -0.1) is 0 Å². The van der Waals surface area contributed by atoms with E-state index in [9.17, 15) is 0 Å². The van der Waals surface area contributed by atoms with Crippen molar-refractivity contribution in [3.05, 3.63) is 65.5 Å². The number of pyridine rings is 1. The molecule has 1 aliphatic rings. The zero-order valence-corrected chi connectivity index (χ0v) is 11.3. The largest absolute Gasteiger partial charge is 0.313 e. The van der Waals surface area contributed by atoms with Crippen LogP contribution in [0.2, 0.25) is 0 Å². The van der Waals surface area contributed by atoms with Crippen LogP contribution in [0.1, 0.15) is 29.7 Å². The Bertz CT molecular complexity index is 536. The molecule has 0 amide bonds. The zero-order valence-electron chi connectivity index (χ0n) is 11.3. The van der Waals surface area contributed by atoms with Crippen molar-refractivity contribution in [2.45, 2.75) is 31.7 Å². The Morgan fingerprint density at radius 1 is 1.21 bits per heavy atom. The van der Waals surface area contributed by atoms with Gasteiger partial charge in [0.05, 0.1) is 0 Å². The molecule has 0 radical (unpaired) electrons. The summed E-state index contributed by atoms with van der Waals surface area (Å²) < 4.78 is 0. The molecular formula is C17H20N2. The van der Waals surface area contributed by atoms with E-state index < -0.39 is 0 Å². The summed E-state index contributed by atoms with van der Waals surface area (Å²) in [7, 11) is 0. The summed E-state index contributed by atoms with van der Waals surface area (Å²) in [5.41, 5.74) is 4.21. The predicted molar refractivity (Wildman–Crippen MR) is 78.3 cm³/mol. The molecule has 0 spiro atoms. The topological polar surface area (TPSA) is 24.9 Å². The minimum absolute atomic E-state index is 0.495. The van der Waals surface area contributed by atoms with Gasteiger partial charge in [-0.05, 0) is 36.2 Å². The number of benzene rings is 1. The van der Waals surface area contributed by atoms with Gasteiger partial charge in [-0.3, -0.25) is 4.98 Å². The van der Waals surface area contributed by atoms with Crippen molar-refractivity contribution in [3.8, 4) is 0 Å². The third kappa shape index (κ3) is 2.54. The van der Waals surface area contributed by atoms with Crippen molar-refractivity contribution in [3.63, 3.8) is 0 Å². The van der Waals surface area contributed by atoms with Crippen molar-refractivity contribution in [2.75, 3.05) is 6.54 Å². The Kier molecular flexibility index (Phi) is 3.60. The first-order valence-electron chi connectivity index (χ1n) is 7.09. The van der Waals surface area contributed by atoms with Crippen LogP contribution in [0, 0.1) is 0 Å². The van der Waals surface area contributed by atoms with Gasteiger partial charge in [-0.2, -0.15) is 0 Å². The maximum absolute atomic E-state index is 4.46. The van der Waals surface area contributed by atoms with Crippen molar-refractivity contribution >= 4 is 0 Å². The summed E-state index contributed by atoms with van der Waals surface area (Å²) in [6.07, 6.45) is 4.08. The standard InChI is InChI=1S/C17H20N2/c1-2-18-17(12-14-8-5-6-10-19-14)16-11-13-7-3-4-9-15(13)16/h3-10,16-18H,2,11-12H2,1H3. The fourth-order valence-electron chi connectivity index (χ4n) is 3.02. The lowest BCUT2D eigenvalue weighted by molar-refractivity contribution is 0.402. The Labute approximate surface area is 114 Å². The van der Waals surface area contributed by atoms with Crippen LogP contribution in [0.3, 0.4) is 0 Å². The molecule has 1 heterocycles. The highest BCUT2D eigenvalue weighted by Crippen LogP contribution is 2.38. The van der Waals surface area contributed by atoms with E-state index in [4.69, 9.17) is 0 Å². The predicted octanol–water partition coefficient (Wildman–Crippen LogP) is 2.94. The van der Waals surface area contributed by atoms with E-state index in [1.807, 2.05) is 12.3 Å². The number of nitrogens with zero attached hydrogens (tertiary/aromatic N) is 1. The highest BCUT2D eigenvalue weighted by molar-refractivity contribution is 5.41. The van der Waals surface area contributed by atoms with Crippen LogP contribution in [0.5, 0.6) is 0 Å². The van der Waals surface area contributed by atoms with Gasteiger partial charge in [0.15, 0.2) is 0 Å². The molecule has 2 nitrogen and oxygen atoms in total. The van der Waals surface area contributed by atoms with Crippen LogP contribution in [-0.2, 0) is 12.8 Å². The summed E-state index contributed by atoms with van der Waals surface area (Å²) in [5, 5.41) is 3.63. The quantitative estimate of drug-likeness (QED) is 0.885. The van der Waals surface area contributed by atoms with Gasteiger partial charge in [0.25, 0.3) is 0 Å². The average Bonchev–Trinajstić information content (AvgIpc) is 2.41. The Balaban J connectivity index is 1.76. The van der Waals surface area contributed by atoms with E-state index in [1.54, 1.807) is 0 Å². The Hall–Kier alpha value is -1.67. The maximum atomic E-state index is 4.46. The number of rotatable bonds is 5. The van der Waals surface area contributed by atoms with Crippen LogP contribution in [0.25, 0.3) is 0 Å². The first-order valence-corrected chi connectivity index (χ1v) is 7.09. The normalized spacial score (nSPS) is 18.5. The second-order valence-corrected chi connectivity index (χ2v) is 5.20. The molecule has 0 saturated carbocycles.